The number of amides is 1. The van der Waals surface area contributed by atoms with Crippen LogP contribution in [0.1, 0.15) is 29.5 Å². The van der Waals surface area contributed by atoms with E-state index in [1.165, 1.54) is 11.0 Å². The number of H-pyrrole nitrogens is 1. The molecule has 2 heterocycles. The Morgan fingerprint density at radius 1 is 1.48 bits per heavy atom. The fraction of sp³-hybridized carbons (Fsp3) is 0.357. The predicted molar refractivity (Wildman–Crippen MR) is 77.4 cm³/mol. The maximum Gasteiger partial charge on any atom is 0.257 e. The second-order valence-corrected chi connectivity index (χ2v) is 4.67. The zero-order chi connectivity index (χ0) is 15.2. The highest BCUT2D eigenvalue weighted by Crippen LogP contribution is 2.16. The lowest BCUT2D eigenvalue weighted by molar-refractivity contribution is 0.0782. The number of imidazole rings is 1. The molecule has 0 spiro atoms. The van der Waals surface area contributed by atoms with Gasteiger partial charge in [0.25, 0.3) is 5.91 Å². The molecule has 2 N–H and O–H groups in total. The van der Waals surface area contributed by atoms with Crippen molar-refractivity contribution in [2.45, 2.75) is 19.9 Å². The van der Waals surface area contributed by atoms with Crippen LogP contribution < -0.4 is 5.32 Å². The van der Waals surface area contributed by atoms with Crippen molar-refractivity contribution in [3.8, 4) is 0 Å². The van der Waals surface area contributed by atoms with E-state index in [0.717, 1.165) is 12.6 Å². The summed E-state index contributed by atoms with van der Waals surface area (Å²) in [5.74, 6) is 0.219. The van der Waals surface area contributed by atoms with Gasteiger partial charge in [-0.05, 0) is 12.5 Å². The summed E-state index contributed by atoms with van der Waals surface area (Å²) in [6.07, 6.45) is 5.29. The van der Waals surface area contributed by atoms with Gasteiger partial charge < -0.3 is 15.2 Å². The second kappa shape index (κ2) is 6.83. The summed E-state index contributed by atoms with van der Waals surface area (Å²) in [5.41, 5.74) is 0.220. The number of anilines is 1. The van der Waals surface area contributed by atoms with Gasteiger partial charge in [0, 0.05) is 26.0 Å². The first-order chi connectivity index (χ1) is 10.1. The number of hydrogen-bond acceptors (Lipinski definition) is 4. The number of aromatic nitrogens is 3. The molecule has 0 saturated heterocycles. The van der Waals surface area contributed by atoms with Gasteiger partial charge in [0.05, 0.1) is 18.3 Å². The highest BCUT2D eigenvalue weighted by molar-refractivity contribution is 5.98. The van der Waals surface area contributed by atoms with E-state index in [1.807, 2.05) is 6.92 Å². The summed E-state index contributed by atoms with van der Waals surface area (Å²) < 4.78 is 13.4. The first kappa shape index (κ1) is 15.0. The molecule has 0 aliphatic rings. The molecule has 0 atom stereocenters. The Hall–Kier alpha value is -2.44. The fourth-order valence-electron chi connectivity index (χ4n) is 1.87. The summed E-state index contributed by atoms with van der Waals surface area (Å²) >= 11 is 0. The van der Waals surface area contributed by atoms with Gasteiger partial charge in [0.15, 0.2) is 0 Å². The van der Waals surface area contributed by atoms with Crippen LogP contribution in [0.4, 0.5) is 10.2 Å². The largest absolute Gasteiger partial charge is 0.369 e. The Bertz CT molecular complexity index is 599. The molecule has 0 fully saturated rings. The van der Waals surface area contributed by atoms with Crippen molar-refractivity contribution in [3.05, 3.63) is 41.9 Å². The summed E-state index contributed by atoms with van der Waals surface area (Å²) in [6.45, 7) is 2.98. The molecule has 2 aromatic heterocycles. The summed E-state index contributed by atoms with van der Waals surface area (Å²) in [5, 5.41) is 3.04. The molecule has 112 valence electrons. The standard InChI is InChI=1S/C14H18FN5O/c1-3-4-18-13-11(7-10(15)8-19-13)14(21)20(2)9-12-16-5-6-17-12/h5-8H,3-4,9H2,1-2H3,(H,16,17)(H,18,19). The third kappa shape index (κ3) is 3.77. The van der Waals surface area contributed by atoms with Crippen molar-refractivity contribution >= 4 is 11.7 Å². The number of pyridine rings is 1. The van der Waals surface area contributed by atoms with Gasteiger partial charge in [0.2, 0.25) is 0 Å². The van der Waals surface area contributed by atoms with E-state index in [9.17, 15) is 9.18 Å². The van der Waals surface area contributed by atoms with Gasteiger partial charge in [-0.3, -0.25) is 4.79 Å². The Morgan fingerprint density at radius 2 is 2.29 bits per heavy atom. The first-order valence-electron chi connectivity index (χ1n) is 6.75. The number of halogens is 1. The second-order valence-electron chi connectivity index (χ2n) is 4.67. The van der Waals surface area contributed by atoms with Crippen molar-refractivity contribution in [2.75, 3.05) is 18.9 Å². The molecule has 7 heteroatoms. The molecule has 2 rings (SSSR count). The molecule has 0 radical (unpaired) electrons. The number of nitrogens with one attached hydrogen (secondary N) is 2. The van der Waals surface area contributed by atoms with Crippen LogP contribution in [0, 0.1) is 5.82 Å². The number of rotatable bonds is 6. The normalized spacial score (nSPS) is 10.4. The lowest BCUT2D eigenvalue weighted by atomic mass is 10.2. The Kier molecular flexibility index (Phi) is 4.86. The summed E-state index contributed by atoms with van der Waals surface area (Å²) in [6, 6.07) is 1.20. The van der Waals surface area contributed by atoms with Gasteiger partial charge in [-0.25, -0.2) is 14.4 Å². The average Bonchev–Trinajstić information content (AvgIpc) is 2.98. The zero-order valence-electron chi connectivity index (χ0n) is 12.1. The molecule has 0 unspecified atom stereocenters. The van der Waals surface area contributed by atoms with E-state index < -0.39 is 5.82 Å². The molecule has 6 nitrogen and oxygen atoms in total. The first-order valence-corrected chi connectivity index (χ1v) is 6.75. The van der Waals surface area contributed by atoms with Crippen LogP contribution in [0.25, 0.3) is 0 Å². The van der Waals surface area contributed by atoms with Crippen LogP contribution in [0.3, 0.4) is 0 Å². The predicted octanol–water partition coefficient (Wildman–Crippen LogP) is 2.04. The molecule has 1 amide bonds. The van der Waals surface area contributed by atoms with E-state index in [4.69, 9.17) is 0 Å². The van der Waals surface area contributed by atoms with Crippen molar-refractivity contribution < 1.29 is 9.18 Å². The number of nitrogens with zero attached hydrogens (tertiary/aromatic N) is 3. The topological polar surface area (TPSA) is 73.9 Å². The Morgan fingerprint density at radius 3 is 2.95 bits per heavy atom. The van der Waals surface area contributed by atoms with Crippen LogP contribution in [0.15, 0.2) is 24.7 Å². The van der Waals surface area contributed by atoms with Crippen LogP contribution in [0.5, 0.6) is 0 Å². The molecule has 2 aromatic rings. The van der Waals surface area contributed by atoms with Gasteiger partial charge in [-0.2, -0.15) is 0 Å². The Labute approximate surface area is 122 Å². The summed E-state index contributed by atoms with van der Waals surface area (Å²) in [4.78, 5) is 24.9. The quantitative estimate of drug-likeness (QED) is 0.854. The molecular formula is C14H18FN5O. The number of carbonyl (C=O) groups excluding carboxylic acids is 1. The van der Waals surface area contributed by atoms with E-state index >= 15 is 0 Å². The monoisotopic (exact) mass is 291 g/mol. The minimum absolute atomic E-state index is 0.220. The number of hydrogen-bond donors (Lipinski definition) is 2. The molecular weight excluding hydrogens is 273 g/mol. The Balaban J connectivity index is 2.18. The molecule has 0 aliphatic heterocycles. The lowest BCUT2D eigenvalue weighted by Gasteiger charge is -2.18. The van der Waals surface area contributed by atoms with E-state index in [-0.39, 0.29) is 11.5 Å². The van der Waals surface area contributed by atoms with E-state index in [0.29, 0.717) is 24.7 Å². The number of aromatic amines is 1. The molecule has 21 heavy (non-hydrogen) atoms. The number of carbonyl (C=O) groups is 1. The summed E-state index contributed by atoms with van der Waals surface area (Å²) in [7, 11) is 1.64. The van der Waals surface area contributed by atoms with Gasteiger partial charge in [-0.15, -0.1) is 0 Å². The molecule has 0 saturated carbocycles. The highest BCUT2D eigenvalue weighted by atomic mass is 19.1. The van der Waals surface area contributed by atoms with E-state index in [2.05, 4.69) is 20.3 Å². The smallest absolute Gasteiger partial charge is 0.257 e. The van der Waals surface area contributed by atoms with Gasteiger partial charge >= 0.3 is 0 Å². The van der Waals surface area contributed by atoms with Crippen molar-refractivity contribution in [3.63, 3.8) is 0 Å². The van der Waals surface area contributed by atoms with Crippen molar-refractivity contribution in [2.24, 2.45) is 0 Å². The van der Waals surface area contributed by atoms with Crippen LogP contribution in [-0.4, -0.2) is 39.4 Å². The van der Waals surface area contributed by atoms with Crippen molar-refractivity contribution in [1.82, 2.24) is 19.9 Å². The van der Waals surface area contributed by atoms with E-state index in [1.54, 1.807) is 19.4 Å². The van der Waals surface area contributed by atoms with Gasteiger partial charge in [0.1, 0.15) is 17.5 Å². The van der Waals surface area contributed by atoms with Crippen molar-refractivity contribution in [1.29, 1.82) is 0 Å². The third-order valence-corrected chi connectivity index (χ3v) is 2.92. The SMILES string of the molecule is CCCNc1ncc(F)cc1C(=O)N(C)Cc1ncc[nH]1. The lowest BCUT2D eigenvalue weighted by Crippen LogP contribution is -2.28. The maximum absolute atomic E-state index is 13.4. The highest BCUT2D eigenvalue weighted by Gasteiger charge is 2.18. The van der Waals surface area contributed by atoms with Crippen LogP contribution in [-0.2, 0) is 6.54 Å². The minimum Gasteiger partial charge on any atom is -0.369 e. The fourth-order valence-corrected chi connectivity index (χ4v) is 1.87. The minimum atomic E-state index is -0.535. The maximum atomic E-state index is 13.4. The van der Waals surface area contributed by atoms with Gasteiger partial charge in [-0.1, -0.05) is 6.92 Å². The average molecular weight is 291 g/mol. The van der Waals surface area contributed by atoms with Crippen LogP contribution in [0.2, 0.25) is 0 Å². The molecule has 0 aromatic carbocycles. The molecule has 0 bridgehead atoms. The van der Waals surface area contributed by atoms with Crippen LogP contribution >= 0.6 is 0 Å². The third-order valence-electron chi connectivity index (χ3n) is 2.92. The molecule has 0 aliphatic carbocycles. The zero-order valence-corrected chi connectivity index (χ0v) is 12.1.